The van der Waals surface area contributed by atoms with E-state index >= 15 is 0 Å². The summed E-state index contributed by atoms with van der Waals surface area (Å²) >= 11 is 0. The van der Waals surface area contributed by atoms with Crippen LogP contribution in [0.3, 0.4) is 0 Å². The molecule has 0 rings (SSSR count). The third kappa shape index (κ3) is 8.81. The van der Waals surface area contributed by atoms with E-state index in [-0.39, 0.29) is 12.1 Å². The van der Waals surface area contributed by atoms with E-state index in [4.69, 9.17) is 14.6 Å². The van der Waals surface area contributed by atoms with E-state index < -0.39 is 0 Å². The molecule has 0 radical (unpaired) electrons. The lowest BCUT2D eigenvalue weighted by atomic mass is 9.95. The number of hydrogen-bond donors (Lipinski definition) is 2. The van der Waals surface area contributed by atoms with Gasteiger partial charge in [-0.1, -0.05) is 20.8 Å². The molecule has 0 amide bonds. The van der Waals surface area contributed by atoms with Crippen LogP contribution in [0.1, 0.15) is 20.8 Å². The van der Waals surface area contributed by atoms with Crippen molar-refractivity contribution in [2.24, 2.45) is 11.3 Å². The zero-order chi connectivity index (χ0) is 11.7. The lowest BCUT2D eigenvalue weighted by Crippen LogP contribution is -2.34. The van der Waals surface area contributed by atoms with Crippen LogP contribution >= 0.6 is 0 Å². The summed E-state index contributed by atoms with van der Waals surface area (Å²) in [5.74, 6) is 0.427. The van der Waals surface area contributed by atoms with Crippen molar-refractivity contribution in [3.05, 3.63) is 0 Å². The summed E-state index contributed by atoms with van der Waals surface area (Å²) in [6.07, 6.45) is 0. The van der Waals surface area contributed by atoms with Crippen molar-refractivity contribution in [1.82, 2.24) is 5.32 Å². The molecule has 0 aliphatic carbocycles. The smallest absolute Gasteiger partial charge is 0.0931 e. The third-order valence-corrected chi connectivity index (χ3v) is 2.06. The second kappa shape index (κ2) is 8.05. The molecule has 0 spiro atoms. The Kier molecular flexibility index (Phi) is 7.96. The van der Waals surface area contributed by atoms with Crippen LogP contribution in [0.15, 0.2) is 0 Å². The normalized spacial score (nSPS) is 14.2. The van der Waals surface area contributed by atoms with Crippen LogP contribution in [0.2, 0.25) is 0 Å². The van der Waals surface area contributed by atoms with E-state index in [2.05, 4.69) is 26.1 Å². The average Bonchev–Trinajstić information content (AvgIpc) is 2.15. The summed E-state index contributed by atoms with van der Waals surface area (Å²) in [6.45, 7) is 9.22. The lowest BCUT2D eigenvalue weighted by Gasteiger charge is -2.25. The molecule has 0 saturated carbocycles. The number of ether oxygens (including phenoxy) is 2. The second-order valence-corrected chi connectivity index (χ2v) is 4.82. The molecule has 0 aromatic carbocycles. The molecule has 4 heteroatoms. The first kappa shape index (κ1) is 14.8. The second-order valence-electron chi connectivity index (χ2n) is 4.82. The van der Waals surface area contributed by atoms with Crippen molar-refractivity contribution < 1.29 is 14.6 Å². The highest BCUT2D eigenvalue weighted by Crippen LogP contribution is 2.14. The minimum Gasteiger partial charge on any atom is -0.384 e. The molecule has 4 nitrogen and oxygen atoms in total. The van der Waals surface area contributed by atoms with Gasteiger partial charge in [-0.3, -0.25) is 5.32 Å². The Labute approximate surface area is 93.0 Å². The number of rotatable bonds is 9. The van der Waals surface area contributed by atoms with Crippen molar-refractivity contribution in [2.75, 3.05) is 40.2 Å². The lowest BCUT2D eigenvalue weighted by molar-refractivity contribution is 0.0222. The van der Waals surface area contributed by atoms with E-state index in [1.807, 2.05) is 0 Å². The molecule has 0 unspecified atom stereocenters. The van der Waals surface area contributed by atoms with Gasteiger partial charge in [0.15, 0.2) is 0 Å². The molecule has 0 aliphatic rings. The molecular weight excluding hydrogens is 194 g/mol. The molecule has 0 bridgehead atoms. The monoisotopic (exact) mass is 219 g/mol. The van der Waals surface area contributed by atoms with Gasteiger partial charge >= 0.3 is 0 Å². The number of nitrogens with one attached hydrogen (secondary N) is 1. The molecule has 92 valence electrons. The SMILES string of the molecule is COC[C@H](C)COCC(C)(C)CNCO. The predicted molar refractivity (Wildman–Crippen MR) is 60.7 cm³/mol. The standard InChI is InChI=1S/C11H25NO3/c1-10(5-14-4)6-15-8-11(2,3)7-12-9-13/h10,12-13H,5-9H2,1-4H3/t10-/m0/s1. The van der Waals surface area contributed by atoms with Crippen molar-refractivity contribution in [3.8, 4) is 0 Å². The third-order valence-electron chi connectivity index (χ3n) is 2.06. The van der Waals surface area contributed by atoms with E-state index in [1.54, 1.807) is 7.11 Å². The highest BCUT2D eigenvalue weighted by atomic mass is 16.5. The summed E-state index contributed by atoms with van der Waals surface area (Å²) in [7, 11) is 1.70. The quantitative estimate of drug-likeness (QED) is 0.565. The Morgan fingerprint density at radius 1 is 1.33 bits per heavy atom. The topological polar surface area (TPSA) is 50.7 Å². The van der Waals surface area contributed by atoms with Gasteiger partial charge in [0, 0.05) is 25.0 Å². The summed E-state index contributed by atoms with van der Waals surface area (Å²) in [4.78, 5) is 0. The zero-order valence-corrected chi connectivity index (χ0v) is 10.4. The fourth-order valence-corrected chi connectivity index (χ4v) is 1.31. The van der Waals surface area contributed by atoms with Gasteiger partial charge in [0.05, 0.1) is 26.6 Å². The number of methoxy groups -OCH3 is 1. The minimum absolute atomic E-state index is 0.0174. The molecule has 0 saturated heterocycles. The largest absolute Gasteiger partial charge is 0.384 e. The maximum absolute atomic E-state index is 8.64. The molecule has 1 atom stereocenters. The van der Waals surface area contributed by atoms with Gasteiger partial charge in [0.2, 0.25) is 0 Å². The molecule has 0 aromatic heterocycles. The van der Waals surface area contributed by atoms with E-state index in [0.717, 1.165) is 19.8 Å². The van der Waals surface area contributed by atoms with Gasteiger partial charge in [0.1, 0.15) is 0 Å². The zero-order valence-electron chi connectivity index (χ0n) is 10.4. The molecular formula is C11H25NO3. The first-order chi connectivity index (χ1) is 7.02. The molecule has 0 aliphatic heterocycles. The fourth-order valence-electron chi connectivity index (χ4n) is 1.31. The maximum atomic E-state index is 8.64. The average molecular weight is 219 g/mol. The van der Waals surface area contributed by atoms with Gasteiger partial charge in [0.25, 0.3) is 0 Å². The fraction of sp³-hybridized carbons (Fsp3) is 1.00. The van der Waals surface area contributed by atoms with Crippen LogP contribution in [0.25, 0.3) is 0 Å². The summed E-state index contributed by atoms with van der Waals surface area (Å²) in [5, 5.41) is 11.5. The summed E-state index contributed by atoms with van der Waals surface area (Å²) < 4.78 is 10.6. The Bertz CT molecular complexity index is 151. The summed E-state index contributed by atoms with van der Waals surface area (Å²) in [6, 6.07) is 0. The van der Waals surface area contributed by atoms with Gasteiger partial charge < -0.3 is 14.6 Å². The van der Waals surface area contributed by atoms with Crippen LogP contribution in [0.5, 0.6) is 0 Å². The van der Waals surface area contributed by atoms with Gasteiger partial charge in [-0.25, -0.2) is 0 Å². The molecule has 0 aromatic rings. The van der Waals surface area contributed by atoms with Gasteiger partial charge in [-0.05, 0) is 0 Å². The van der Waals surface area contributed by atoms with E-state index in [0.29, 0.717) is 12.5 Å². The van der Waals surface area contributed by atoms with Gasteiger partial charge in [-0.15, -0.1) is 0 Å². The first-order valence-corrected chi connectivity index (χ1v) is 5.40. The number of aliphatic hydroxyl groups is 1. The van der Waals surface area contributed by atoms with E-state index in [1.165, 1.54) is 0 Å². The van der Waals surface area contributed by atoms with Crippen LogP contribution in [-0.4, -0.2) is 45.3 Å². The van der Waals surface area contributed by atoms with Crippen molar-refractivity contribution >= 4 is 0 Å². The van der Waals surface area contributed by atoms with Crippen molar-refractivity contribution in [3.63, 3.8) is 0 Å². The summed E-state index contributed by atoms with van der Waals surface area (Å²) in [5.41, 5.74) is 0.0511. The van der Waals surface area contributed by atoms with E-state index in [9.17, 15) is 0 Å². The van der Waals surface area contributed by atoms with Crippen molar-refractivity contribution in [1.29, 1.82) is 0 Å². The Hall–Kier alpha value is -0.160. The highest BCUT2D eigenvalue weighted by molar-refractivity contribution is 4.70. The van der Waals surface area contributed by atoms with Gasteiger partial charge in [-0.2, -0.15) is 0 Å². The number of hydrogen-bond acceptors (Lipinski definition) is 4. The predicted octanol–water partition coefficient (Wildman–Crippen LogP) is 0.851. The van der Waals surface area contributed by atoms with Crippen LogP contribution < -0.4 is 5.32 Å². The van der Waals surface area contributed by atoms with Crippen LogP contribution in [-0.2, 0) is 9.47 Å². The van der Waals surface area contributed by atoms with Crippen LogP contribution in [0.4, 0.5) is 0 Å². The molecule has 15 heavy (non-hydrogen) atoms. The Morgan fingerprint density at radius 2 is 2.00 bits per heavy atom. The van der Waals surface area contributed by atoms with Crippen molar-refractivity contribution in [2.45, 2.75) is 20.8 Å². The minimum atomic E-state index is 0.0174. The Balaban J connectivity index is 3.55. The number of aliphatic hydroxyl groups excluding tert-OH is 1. The first-order valence-electron chi connectivity index (χ1n) is 5.40. The Morgan fingerprint density at radius 3 is 2.53 bits per heavy atom. The molecule has 0 fully saturated rings. The molecule has 0 heterocycles. The highest BCUT2D eigenvalue weighted by Gasteiger charge is 2.17. The molecule has 2 N–H and O–H groups in total. The maximum Gasteiger partial charge on any atom is 0.0931 e. The van der Waals surface area contributed by atoms with Crippen LogP contribution in [0, 0.1) is 11.3 Å².